The molecule has 0 aliphatic heterocycles. The lowest BCUT2D eigenvalue weighted by Gasteiger charge is -2.12. The van der Waals surface area contributed by atoms with Gasteiger partial charge in [-0.05, 0) is 45.1 Å². The molecule has 0 saturated heterocycles. The van der Waals surface area contributed by atoms with Crippen LogP contribution in [0, 0.1) is 11.3 Å². The fourth-order valence-corrected chi connectivity index (χ4v) is 2.91. The first-order valence-electron chi connectivity index (χ1n) is 6.15. The average molecular weight is 242 g/mol. The van der Waals surface area contributed by atoms with Crippen LogP contribution in [0.1, 0.15) is 5.56 Å². The van der Waals surface area contributed by atoms with Crippen LogP contribution in [0.3, 0.4) is 0 Å². The SMILES string of the molecule is N#Cc1cc2ccc3ccc(N)c4ccc(c1)c2c34. The van der Waals surface area contributed by atoms with Crippen molar-refractivity contribution in [3.63, 3.8) is 0 Å². The Balaban J connectivity index is 2.39. The third kappa shape index (κ3) is 1.24. The van der Waals surface area contributed by atoms with E-state index >= 15 is 0 Å². The van der Waals surface area contributed by atoms with Gasteiger partial charge in [-0.2, -0.15) is 5.26 Å². The highest BCUT2D eigenvalue weighted by atomic mass is 14.5. The van der Waals surface area contributed by atoms with Gasteiger partial charge in [0.05, 0.1) is 11.6 Å². The van der Waals surface area contributed by atoms with Crippen molar-refractivity contribution in [3.05, 3.63) is 54.1 Å². The van der Waals surface area contributed by atoms with Gasteiger partial charge in [0.15, 0.2) is 0 Å². The minimum atomic E-state index is 0.693. The first-order valence-corrected chi connectivity index (χ1v) is 6.15. The number of rotatable bonds is 0. The van der Waals surface area contributed by atoms with Crippen LogP contribution in [0.4, 0.5) is 5.69 Å². The first kappa shape index (κ1) is 10.2. The third-order valence-electron chi connectivity index (χ3n) is 3.76. The van der Waals surface area contributed by atoms with Gasteiger partial charge in [0.25, 0.3) is 0 Å². The number of nitrogens with zero attached hydrogens (tertiary/aromatic N) is 1. The molecule has 0 radical (unpaired) electrons. The lowest BCUT2D eigenvalue weighted by Crippen LogP contribution is -1.90. The molecule has 0 aliphatic rings. The number of nitrogen functional groups attached to an aromatic ring is 1. The Morgan fingerprint density at radius 2 is 1.42 bits per heavy atom. The van der Waals surface area contributed by atoms with Crippen LogP contribution in [0.5, 0.6) is 0 Å². The van der Waals surface area contributed by atoms with Gasteiger partial charge in [-0.15, -0.1) is 0 Å². The van der Waals surface area contributed by atoms with Gasteiger partial charge in [0.1, 0.15) is 0 Å². The second-order valence-electron chi connectivity index (χ2n) is 4.84. The Kier molecular flexibility index (Phi) is 1.80. The highest BCUT2D eigenvalue weighted by Gasteiger charge is 2.10. The van der Waals surface area contributed by atoms with Crippen LogP contribution in [-0.4, -0.2) is 0 Å². The van der Waals surface area contributed by atoms with E-state index < -0.39 is 0 Å². The van der Waals surface area contributed by atoms with Crippen LogP contribution in [-0.2, 0) is 0 Å². The van der Waals surface area contributed by atoms with E-state index in [1.807, 2.05) is 30.3 Å². The van der Waals surface area contributed by atoms with Gasteiger partial charge in [-0.3, -0.25) is 0 Å². The van der Waals surface area contributed by atoms with E-state index in [2.05, 4.69) is 24.3 Å². The quantitative estimate of drug-likeness (QED) is 0.373. The topological polar surface area (TPSA) is 49.8 Å². The van der Waals surface area contributed by atoms with Gasteiger partial charge >= 0.3 is 0 Å². The summed E-state index contributed by atoms with van der Waals surface area (Å²) in [5, 5.41) is 15.9. The molecule has 0 bridgehead atoms. The summed E-state index contributed by atoms with van der Waals surface area (Å²) in [5.41, 5.74) is 7.56. The molecule has 2 heteroatoms. The molecule has 88 valence electrons. The number of nitriles is 1. The number of benzene rings is 4. The molecule has 0 amide bonds. The molecule has 4 rings (SSSR count). The maximum atomic E-state index is 9.10. The van der Waals surface area contributed by atoms with Crippen molar-refractivity contribution in [2.45, 2.75) is 0 Å². The summed E-state index contributed by atoms with van der Waals surface area (Å²) < 4.78 is 0. The molecule has 0 aliphatic carbocycles. The molecular formula is C17H10N2. The number of nitrogens with two attached hydrogens (primary N) is 1. The number of hydrogen-bond acceptors (Lipinski definition) is 2. The predicted molar refractivity (Wildman–Crippen MR) is 79.3 cm³/mol. The summed E-state index contributed by atoms with van der Waals surface area (Å²) in [6.07, 6.45) is 0. The fourth-order valence-electron chi connectivity index (χ4n) is 2.91. The summed E-state index contributed by atoms with van der Waals surface area (Å²) in [7, 11) is 0. The van der Waals surface area contributed by atoms with Crippen molar-refractivity contribution in [2.24, 2.45) is 0 Å². The lowest BCUT2D eigenvalue weighted by atomic mass is 9.92. The zero-order chi connectivity index (χ0) is 13.0. The summed E-state index contributed by atoms with van der Waals surface area (Å²) in [6, 6.07) is 18.3. The van der Waals surface area contributed by atoms with Crippen molar-refractivity contribution in [3.8, 4) is 6.07 Å². The number of hydrogen-bond donors (Lipinski definition) is 1. The van der Waals surface area contributed by atoms with E-state index in [0.29, 0.717) is 5.56 Å². The van der Waals surface area contributed by atoms with Gasteiger partial charge < -0.3 is 5.73 Å². The van der Waals surface area contributed by atoms with Crippen molar-refractivity contribution < 1.29 is 0 Å². The minimum Gasteiger partial charge on any atom is -0.398 e. The van der Waals surface area contributed by atoms with E-state index in [1.165, 1.54) is 16.2 Å². The average Bonchev–Trinajstić information content (AvgIpc) is 2.46. The summed E-state index contributed by atoms with van der Waals surface area (Å²) in [6.45, 7) is 0. The molecule has 0 aromatic heterocycles. The van der Waals surface area contributed by atoms with Gasteiger partial charge in [-0.1, -0.05) is 30.3 Å². The highest BCUT2D eigenvalue weighted by molar-refractivity contribution is 6.25. The van der Waals surface area contributed by atoms with E-state index in [0.717, 1.165) is 21.8 Å². The Bertz CT molecular complexity index is 958. The minimum absolute atomic E-state index is 0.693. The van der Waals surface area contributed by atoms with Crippen molar-refractivity contribution in [2.75, 3.05) is 5.73 Å². The van der Waals surface area contributed by atoms with Crippen LogP contribution in [0.15, 0.2) is 48.5 Å². The Labute approximate surface area is 110 Å². The molecule has 0 atom stereocenters. The highest BCUT2D eigenvalue weighted by Crippen LogP contribution is 2.37. The first-order chi connectivity index (χ1) is 9.28. The smallest absolute Gasteiger partial charge is 0.0992 e. The normalized spacial score (nSPS) is 11.3. The molecule has 4 aromatic rings. The Hall–Kier alpha value is -2.79. The summed E-state index contributed by atoms with van der Waals surface area (Å²) in [5.74, 6) is 0. The molecule has 4 aromatic carbocycles. The fraction of sp³-hybridized carbons (Fsp3) is 0. The monoisotopic (exact) mass is 242 g/mol. The second-order valence-corrected chi connectivity index (χ2v) is 4.84. The molecule has 0 saturated carbocycles. The van der Waals surface area contributed by atoms with E-state index in [4.69, 9.17) is 11.0 Å². The molecule has 2 N–H and O–H groups in total. The summed E-state index contributed by atoms with van der Waals surface area (Å²) >= 11 is 0. The largest absolute Gasteiger partial charge is 0.398 e. The summed E-state index contributed by atoms with van der Waals surface area (Å²) in [4.78, 5) is 0. The predicted octanol–water partition coefficient (Wildman–Crippen LogP) is 4.04. The van der Waals surface area contributed by atoms with Crippen molar-refractivity contribution >= 4 is 38.0 Å². The molecule has 0 unspecified atom stereocenters. The van der Waals surface area contributed by atoms with Gasteiger partial charge in [0, 0.05) is 11.1 Å². The van der Waals surface area contributed by atoms with E-state index in [9.17, 15) is 0 Å². The third-order valence-corrected chi connectivity index (χ3v) is 3.76. The molecule has 19 heavy (non-hydrogen) atoms. The lowest BCUT2D eigenvalue weighted by molar-refractivity contribution is 1.50. The van der Waals surface area contributed by atoms with Crippen LogP contribution in [0.25, 0.3) is 32.3 Å². The van der Waals surface area contributed by atoms with Crippen LogP contribution < -0.4 is 5.73 Å². The maximum absolute atomic E-state index is 9.10. The zero-order valence-electron chi connectivity index (χ0n) is 10.1. The van der Waals surface area contributed by atoms with E-state index in [-0.39, 0.29) is 0 Å². The standard InChI is InChI=1S/C17H10N2/c18-9-10-7-12-2-1-11-4-6-15(19)14-5-3-13(8-10)16(12)17(11)14/h1-8H,19H2. The number of anilines is 1. The molecular weight excluding hydrogens is 232 g/mol. The van der Waals surface area contributed by atoms with Crippen molar-refractivity contribution in [1.29, 1.82) is 5.26 Å². The van der Waals surface area contributed by atoms with Crippen LogP contribution in [0.2, 0.25) is 0 Å². The van der Waals surface area contributed by atoms with Crippen LogP contribution >= 0.6 is 0 Å². The Morgan fingerprint density at radius 3 is 2.16 bits per heavy atom. The van der Waals surface area contributed by atoms with E-state index in [1.54, 1.807) is 0 Å². The Morgan fingerprint density at radius 1 is 0.789 bits per heavy atom. The molecule has 2 nitrogen and oxygen atoms in total. The molecule has 0 fully saturated rings. The molecule has 0 heterocycles. The molecule has 0 spiro atoms. The van der Waals surface area contributed by atoms with Gasteiger partial charge in [-0.25, -0.2) is 0 Å². The maximum Gasteiger partial charge on any atom is 0.0992 e. The van der Waals surface area contributed by atoms with Gasteiger partial charge in [0.2, 0.25) is 0 Å². The zero-order valence-corrected chi connectivity index (χ0v) is 10.1. The van der Waals surface area contributed by atoms with Crippen molar-refractivity contribution in [1.82, 2.24) is 0 Å². The second kappa shape index (κ2) is 3.37.